The molecule has 6 nitrogen and oxygen atoms in total. The van der Waals surface area contributed by atoms with Crippen molar-refractivity contribution in [3.8, 4) is 5.75 Å². The van der Waals surface area contributed by atoms with Crippen molar-refractivity contribution in [2.75, 3.05) is 7.11 Å². The molecule has 3 aromatic carbocycles. The summed E-state index contributed by atoms with van der Waals surface area (Å²) in [5, 5.41) is 3.01. The van der Waals surface area contributed by atoms with Crippen LogP contribution in [0.2, 0.25) is 0 Å². The first-order valence-electron chi connectivity index (χ1n) is 9.97. The van der Waals surface area contributed by atoms with Gasteiger partial charge >= 0.3 is 0 Å². The first kappa shape index (κ1) is 20.3. The number of nitrogens with one attached hydrogen (secondary N) is 1. The monoisotopic (exact) mass is 414 g/mol. The van der Waals surface area contributed by atoms with Gasteiger partial charge in [0.1, 0.15) is 11.8 Å². The van der Waals surface area contributed by atoms with Crippen LogP contribution in [-0.4, -0.2) is 35.8 Å². The van der Waals surface area contributed by atoms with Gasteiger partial charge in [0.2, 0.25) is 5.91 Å². The number of hydrogen-bond donors (Lipinski definition) is 1. The Bertz CT molecular complexity index is 1090. The van der Waals surface area contributed by atoms with E-state index in [1.807, 2.05) is 54.6 Å². The topological polar surface area (TPSA) is 75.7 Å². The van der Waals surface area contributed by atoms with Crippen LogP contribution in [-0.2, 0) is 4.79 Å². The Morgan fingerprint density at radius 1 is 0.806 bits per heavy atom. The Kier molecular flexibility index (Phi) is 5.54. The Balaban J connectivity index is 1.60. The van der Waals surface area contributed by atoms with Crippen molar-refractivity contribution < 1.29 is 19.1 Å². The molecular formula is C25H22N2O4. The van der Waals surface area contributed by atoms with Crippen molar-refractivity contribution in [3.63, 3.8) is 0 Å². The fraction of sp³-hybridized carbons (Fsp3) is 0.160. The van der Waals surface area contributed by atoms with Gasteiger partial charge in [0, 0.05) is 0 Å². The summed E-state index contributed by atoms with van der Waals surface area (Å²) in [6.45, 7) is 1.56. The number of nitrogens with zero attached hydrogens (tertiary/aromatic N) is 1. The van der Waals surface area contributed by atoms with Gasteiger partial charge in [0.05, 0.1) is 24.3 Å². The molecule has 0 aliphatic carbocycles. The van der Waals surface area contributed by atoms with E-state index in [9.17, 15) is 14.4 Å². The van der Waals surface area contributed by atoms with Crippen LogP contribution in [0.3, 0.4) is 0 Å². The average molecular weight is 414 g/mol. The summed E-state index contributed by atoms with van der Waals surface area (Å²) in [6, 6.07) is 22.1. The van der Waals surface area contributed by atoms with E-state index in [1.165, 1.54) is 0 Å². The summed E-state index contributed by atoms with van der Waals surface area (Å²) in [6.07, 6.45) is 0. The summed E-state index contributed by atoms with van der Waals surface area (Å²) in [7, 11) is 1.59. The average Bonchev–Trinajstić information content (AvgIpc) is 3.07. The quantitative estimate of drug-likeness (QED) is 0.626. The number of benzene rings is 3. The maximum absolute atomic E-state index is 13.2. The van der Waals surface area contributed by atoms with E-state index >= 15 is 0 Å². The zero-order chi connectivity index (χ0) is 22.0. The molecule has 1 aliphatic heterocycles. The van der Waals surface area contributed by atoms with E-state index in [1.54, 1.807) is 38.3 Å². The zero-order valence-electron chi connectivity index (χ0n) is 17.2. The number of fused-ring (bicyclic) bond motifs is 1. The van der Waals surface area contributed by atoms with Crippen LogP contribution in [0.5, 0.6) is 5.75 Å². The molecule has 0 saturated heterocycles. The third-order valence-corrected chi connectivity index (χ3v) is 5.46. The largest absolute Gasteiger partial charge is 0.497 e. The fourth-order valence-electron chi connectivity index (χ4n) is 3.74. The number of methoxy groups -OCH3 is 1. The molecule has 0 saturated carbocycles. The zero-order valence-corrected chi connectivity index (χ0v) is 17.2. The van der Waals surface area contributed by atoms with Crippen LogP contribution in [0, 0.1) is 0 Å². The standard InChI is InChI=1S/C25H22N2O4/c1-16(27-24(29)20-10-6-7-11-21(20)25(27)30)23(28)26-22(17-8-4-3-5-9-17)18-12-14-19(31-2)15-13-18/h3-16,22H,1-2H3,(H,26,28)/t16-,22+/m1/s1. The van der Waals surface area contributed by atoms with E-state index in [2.05, 4.69) is 5.32 Å². The number of rotatable bonds is 6. The Hall–Kier alpha value is -3.93. The van der Waals surface area contributed by atoms with E-state index < -0.39 is 29.8 Å². The molecule has 0 spiro atoms. The highest BCUT2D eigenvalue weighted by molar-refractivity contribution is 6.22. The lowest BCUT2D eigenvalue weighted by molar-refractivity contribution is -0.125. The van der Waals surface area contributed by atoms with Gasteiger partial charge in [-0.05, 0) is 42.3 Å². The number of imide groups is 1. The lowest BCUT2D eigenvalue weighted by Gasteiger charge is -2.26. The smallest absolute Gasteiger partial charge is 0.262 e. The molecular weight excluding hydrogens is 392 g/mol. The molecule has 1 aliphatic rings. The molecule has 0 unspecified atom stereocenters. The molecule has 1 N–H and O–H groups in total. The van der Waals surface area contributed by atoms with E-state index in [0.29, 0.717) is 16.9 Å². The van der Waals surface area contributed by atoms with Crippen LogP contribution in [0.4, 0.5) is 0 Å². The third kappa shape index (κ3) is 3.80. The number of carbonyl (C=O) groups is 3. The molecule has 3 aromatic rings. The van der Waals surface area contributed by atoms with Crippen molar-refractivity contribution >= 4 is 17.7 Å². The number of amides is 3. The molecule has 1 heterocycles. The Morgan fingerprint density at radius 2 is 1.32 bits per heavy atom. The van der Waals surface area contributed by atoms with Crippen molar-refractivity contribution in [2.45, 2.75) is 19.0 Å². The van der Waals surface area contributed by atoms with Gasteiger partial charge in [-0.2, -0.15) is 0 Å². The highest BCUT2D eigenvalue weighted by atomic mass is 16.5. The predicted octanol–water partition coefficient (Wildman–Crippen LogP) is 3.59. The van der Waals surface area contributed by atoms with Crippen LogP contribution >= 0.6 is 0 Å². The summed E-state index contributed by atoms with van der Waals surface area (Å²) >= 11 is 0. The van der Waals surface area contributed by atoms with Gasteiger partial charge in [-0.25, -0.2) is 0 Å². The highest BCUT2D eigenvalue weighted by Gasteiger charge is 2.41. The molecule has 2 atom stereocenters. The van der Waals surface area contributed by atoms with Gasteiger partial charge in [-0.3, -0.25) is 19.3 Å². The van der Waals surface area contributed by atoms with Gasteiger partial charge in [-0.1, -0.05) is 54.6 Å². The Labute approximate surface area is 180 Å². The lowest BCUT2D eigenvalue weighted by atomic mass is 9.98. The Morgan fingerprint density at radius 3 is 1.87 bits per heavy atom. The normalized spacial score (nSPS) is 14.7. The third-order valence-electron chi connectivity index (χ3n) is 5.46. The summed E-state index contributed by atoms with van der Waals surface area (Å²) < 4.78 is 5.23. The molecule has 0 fully saturated rings. The first-order valence-corrected chi connectivity index (χ1v) is 9.97. The van der Waals surface area contributed by atoms with Gasteiger partial charge in [0.25, 0.3) is 11.8 Å². The van der Waals surface area contributed by atoms with Gasteiger partial charge < -0.3 is 10.1 Å². The number of hydrogen-bond acceptors (Lipinski definition) is 4. The predicted molar refractivity (Wildman–Crippen MR) is 116 cm³/mol. The molecule has 3 amide bonds. The first-order chi connectivity index (χ1) is 15.0. The van der Waals surface area contributed by atoms with Crippen molar-refractivity contribution in [3.05, 3.63) is 101 Å². The van der Waals surface area contributed by atoms with Crippen LogP contribution in [0.15, 0.2) is 78.9 Å². The molecule has 0 aromatic heterocycles. The molecule has 0 bridgehead atoms. The van der Waals surface area contributed by atoms with Crippen molar-refractivity contribution in [2.24, 2.45) is 0 Å². The number of ether oxygens (including phenoxy) is 1. The summed E-state index contributed by atoms with van der Waals surface area (Å²) in [4.78, 5) is 39.7. The maximum Gasteiger partial charge on any atom is 0.262 e. The minimum absolute atomic E-state index is 0.321. The van der Waals surface area contributed by atoms with Gasteiger partial charge in [0.15, 0.2) is 0 Å². The summed E-state index contributed by atoms with van der Waals surface area (Å²) in [5.74, 6) is -0.617. The van der Waals surface area contributed by atoms with Crippen molar-refractivity contribution in [1.82, 2.24) is 10.2 Å². The molecule has 0 radical (unpaired) electrons. The molecule has 4 rings (SSSR count). The fourth-order valence-corrected chi connectivity index (χ4v) is 3.74. The second-order valence-corrected chi connectivity index (χ2v) is 7.33. The second-order valence-electron chi connectivity index (χ2n) is 7.33. The van der Waals surface area contributed by atoms with E-state index in [0.717, 1.165) is 16.0 Å². The van der Waals surface area contributed by atoms with Crippen LogP contribution in [0.25, 0.3) is 0 Å². The highest BCUT2D eigenvalue weighted by Crippen LogP contribution is 2.27. The van der Waals surface area contributed by atoms with Crippen molar-refractivity contribution in [1.29, 1.82) is 0 Å². The lowest BCUT2D eigenvalue weighted by Crippen LogP contribution is -2.48. The second kappa shape index (κ2) is 8.44. The van der Waals surface area contributed by atoms with E-state index in [4.69, 9.17) is 4.74 Å². The number of carbonyl (C=O) groups excluding carboxylic acids is 3. The minimum Gasteiger partial charge on any atom is -0.497 e. The molecule has 156 valence electrons. The van der Waals surface area contributed by atoms with Crippen LogP contribution in [0.1, 0.15) is 44.8 Å². The maximum atomic E-state index is 13.2. The molecule has 6 heteroatoms. The molecule has 31 heavy (non-hydrogen) atoms. The SMILES string of the molecule is COc1ccc([C@@H](NC(=O)[C@@H](C)N2C(=O)c3ccccc3C2=O)c2ccccc2)cc1. The minimum atomic E-state index is -0.961. The van der Waals surface area contributed by atoms with Gasteiger partial charge in [-0.15, -0.1) is 0 Å². The summed E-state index contributed by atoms with van der Waals surface area (Å²) in [5.41, 5.74) is 2.38. The van der Waals surface area contributed by atoms with Crippen LogP contribution < -0.4 is 10.1 Å². The van der Waals surface area contributed by atoms with E-state index in [-0.39, 0.29) is 0 Å².